The van der Waals surface area contributed by atoms with Crippen LogP contribution in [-0.4, -0.2) is 78.1 Å². The van der Waals surface area contributed by atoms with Crippen LogP contribution in [-0.2, 0) is 9.53 Å². The van der Waals surface area contributed by atoms with E-state index in [-0.39, 0.29) is 30.4 Å². The van der Waals surface area contributed by atoms with Crippen molar-refractivity contribution < 1.29 is 18.7 Å². The number of aromatic nitrogens is 2. The van der Waals surface area contributed by atoms with Gasteiger partial charge in [0.2, 0.25) is 5.91 Å². The third-order valence-electron chi connectivity index (χ3n) is 6.17. The Morgan fingerprint density at radius 1 is 1.24 bits per heavy atom. The monoisotopic (exact) mass is 467 g/mol. The lowest BCUT2D eigenvalue weighted by Gasteiger charge is -2.36. The van der Waals surface area contributed by atoms with Gasteiger partial charge in [-0.1, -0.05) is 13.8 Å². The summed E-state index contributed by atoms with van der Waals surface area (Å²) in [6, 6.07) is 4.11. The van der Waals surface area contributed by atoms with Gasteiger partial charge in [-0.2, -0.15) is 0 Å². The van der Waals surface area contributed by atoms with Gasteiger partial charge in [-0.3, -0.25) is 19.6 Å². The number of nitrogens with one attached hydrogen (secondary N) is 1. The molecule has 1 atom stereocenters. The lowest BCUT2D eigenvalue weighted by Crippen LogP contribution is -2.53. The van der Waals surface area contributed by atoms with Gasteiger partial charge in [-0.25, -0.2) is 19.2 Å². The molecule has 1 unspecified atom stereocenters. The molecule has 5 heterocycles. The number of rotatable bonds is 5. The minimum atomic E-state index is -0.500. The summed E-state index contributed by atoms with van der Waals surface area (Å²) in [5.74, 6) is 0.0579. The maximum atomic E-state index is 13.5. The zero-order valence-corrected chi connectivity index (χ0v) is 19.1. The number of carbonyl (C=O) groups excluding carboxylic acids is 2. The second-order valence-corrected chi connectivity index (χ2v) is 8.81. The summed E-state index contributed by atoms with van der Waals surface area (Å²) in [5.41, 5.74) is 1.97. The van der Waals surface area contributed by atoms with Crippen molar-refractivity contribution in [3.8, 4) is 0 Å². The molecule has 1 fully saturated rings. The van der Waals surface area contributed by atoms with Crippen LogP contribution in [0.4, 0.5) is 26.4 Å². The number of morpholine rings is 1. The lowest BCUT2D eigenvalue weighted by molar-refractivity contribution is -0.114. The SMILES string of the molecule is CC(C)C1CN2C(=O)N(CC(=O)Nc3ccc(F)cn3)c3cc(N4CCOCC4)cnc3C2=N1. The second kappa shape index (κ2) is 8.98. The largest absolute Gasteiger partial charge is 0.378 e. The fraction of sp³-hybridized carbons (Fsp3) is 0.435. The van der Waals surface area contributed by atoms with Crippen LogP contribution >= 0.6 is 0 Å². The predicted molar refractivity (Wildman–Crippen MR) is 125 cm³/mol. The number of anilines is 3. The number of hydrogen-bond acceptors (Lipinski definition) is 7. The van der Waals surface area contributed by atoms with Gasteiger partial charge >= 0.3 is 6.03 Å². The number of fused-ring (bicyclic) bond motifs is 3. The molecular weight excluding hydrogens is 441 g/mol. The molecule has 0 aromatic carbocycles. The van der Waals surface area contributed by atoms with E-state index < -0.39 is 11.7 Å². The van der Waals surface area contributed by atoms with E-state index in [0.29, 0.717) is 50.1 Å². The molecule has 2 aromatic rings. The van der Waals surface area contributed by atoms with Crippen molar-refractivity contribution in [2.45, 2.75) is 19.9 Å². The first-order valence-electron chi connectivity index (χ1n) is 11.3. The normalized spacial score (nSPS) is 19.8. The molecule has 1 saturated heterocycles. The molecule has 178 valence electrons. The molecule has 3 aliphatic heterocycles. The topological polar surface area (TPSA) is 103 Å². The van der Waals surface area contributed by atoms with Gasteiger partial charge in [0.25, 0.3) is 0 Å². The minimum Gasteiger partial charge on any atom is -0.378 e. The fourth-order valence-electron chi connectivity index (χ4n) is 4.25. The molecule has 0 bridgehead atoms. The van der Waals surface area contributed by atoms with Crippen LogP contribution in [0.15, 0.2) is 35.6 Å². The van der Waals surface area contributed by atoms with Gasteiger partial charge in [0, 0.05) is 13.1 Å². The lowest BCUT2D eigenvalue weighted by atomic mass is 10.1. The zero-order valence-electron chi connectivity index (χ0n) is 19.1. The molecule has 0 radical (unpaired) electrons. The first kappa shape index (κ1) is 22.2. The molecule has 10 nitrogen and oxygen atoms in total. The first-order valence-corrected chi connectivity index (χ1v) is 11.3. The first-order chi connectivity index (χ1) is 16.4. The van der Waals surface area contributed by atoms with E-state index in [1.54, 1.807) is 11.1 Å². The number of amides is 3. The molecule has 11 heteroatoms. The van der Waals surface area contributed by atoms with Crippen LogP contribution in [0, 0.1) is 11.7 Å². The predicted octanol–water partition coefficient (Wildman–Crippen LogP) is 2.12. The number of carbonyl (C=O) groups is 2. The number of pyridine rings is 2. The van der Waals surface area contributed by atoms with Crippen molar-refractivity contribution in [1.29, 1.82) is 0 Å². The van der Waals surface area contributed by atoms with Crippen molar-refractivity contribution in [2.75, 3.05) is 54.5 Å². The zero-order chi connectivity index (χ0) is 23.8. The average Bonchev–Trinajstić information content (AvgIpc) is 3.30. The standard InChI is InChI=1S/C23H26FN7O3/c1-14(2)17-12-31-22(27-17)21-18(9-16(11-26-21)29-5-7-34-8-6-29)30(23(31)33)13-20(32)28-19-4-3-15(24)10-25-19/h3-4,9-11,14,17H,5-8,12-13H2,1-2H3,(H,25,28,32). The number of urea groups is 1. The van der Waals surface area contributed by atoms with E-state index in [1.165, 1.54) is 17.0 Å². The van der Waals surface area contributed by atoms with E-state index in [9.17, 15) is 14.0 Å². The Bertz CT molecular complexity index is 1130. The van der Waals surface area contributed by atoms with E-state index >= 15 is 0 Å². The van der Waals surface area contributed by atoms with Crippen LogP contribution in [0.3, 0.4) is 0 Å². The maximum Gasteiger partial charge on any atom is 0.330 e. The van der Waals surface area contributed by atoms with Crippen molar-refractivity contribution in [1.82, 2.24) is 14.9 Å². The number of ether oxygens (including phenoxy) is 1. The van der Waals surface area contributed by atoms with Gasteiger partial charge in [-0.15, -0.1) is 0 Å². The highest BCUT2D eigenvalue weighted by Crippen LogP contribution is 2.34. The molecule has 0 aliphatic carbocycles. The summed E-state index contributed by atoms with van der Waals surface area (Å²) in [5, 5.41) is 2.63. The van der Waals surface area contributed by atoms with Crippen LogP contribution < -0.4 is 15.1 Å². The van der Waals surface area contributed by atoms with Crippen molar-refractivity contribution in [2.24, 2.45) is 10.9 Å². The highest BCUT2D eigenvalue weighted by atomic mass is 19.1. The van der Waals surface area contributed by atoms with Gasteiger partial charge in [0.1, 0.15) is 23.9 Å². The molecule has 0 saturated carbocycles. The maximum absolute atomic E-state index is 13.5. The summed E-state index contributed by atoms with van der Waals surface area (Å²) in [4.78, 5) is 44.8. The van der Waals surface area contributed by atoms with Gasteiger partial charge in [0.05, 0.1) is 49.6 Å². The summed E-state index contributed by atoms with van der Waals surface area (Å²) in [7, 11) is 0. The molecule has 0 spiro atoms. The van der Waals surface area contributed by atoms with E-state index in [1.807, 2.05) is 6.07 Å². The van der Waals surface area contributed by atoms with E-state index in [2.05, 4.69) is 34.0 Å². The highest BCUT2D eigenvalue weighted by Gasteiger charge is 2.42. The molecule has 3 aliphatic rings. The average molecular weight is 468 g/mol. The van der Waals surface area contributed by atoms with Crippen LogP contribution in [0.2, 0.25) is 0 Å². The smallest absolute Gasteiger partial charge is 0.330 e. The van der Waals surface area contributed by atoms with E-state index in [0.717, 1.165) is 11.9 Å². The Kier molecular flexibility index (Phi) is 5.86. The Hall–Kier alpha value is -3.60. The number of hydrogen-bond donors (Lipinski definition) is 1. The van der Waals surface area contributed by atoms with Crippen LogP contribution in [0.1, 0.15) is 19.5 Å². The summed E-state index contributed by atoms with van der Waals surface area (Å²) >= 11 is 0. The fourth-order valence-corrected chi connectivity index (χ4v) is 4.25. The van der Waals surface area contributed by atoms with Crippen LogP contribution in [0.25, 0.3) is 0 Å². The molecule has 1 N–H and O–H groups in total. The van der Waals surface area contributed by atoms with Gasteiger partial charge in [0.15, 0.2) is 5.84 Å². The van der Waals surface area contributed by atoms with Crippen molar-refractivity contribution >= 4 is 35.0 Å². The second-order valence-electron chi connectivity index (χ2n) is 8.81. The van der Waals surface area contributed by atoms with Gasteiger partial charge < -0.3 is 15.0 Å². The number of amidine groups is 1. The highest BCUT2D eigenvalue weighted by molar-refractivity contribution is 6.20. The Labute approximate surface area is 196 Å². The van der Waals surface area contributed by atoms with Crippen LogP contribution in [0.5, 0.6) is 0 Å². The minimum absolute atomic E-state index is 0.0373. The molecule has 5 rings (SSSR count). The quantitative estimate of drug-likeness (QED) is 0.723. The number of aliphatic imine (C=N–C) groups is 1. The summed E-state index contributed by atoms with van der Waals surface area (Å²) < 4.78 is 18.6. The number of halogens is 1. The third-order valence-corrected chi connectivity index (χ3v) is 6.17. The van der Waals surface area contributed by atoms with E-state index in [4.69, 9.17) is 9.73 Å². The Morgan fingerprint density at radius 2 is 2.03 bits per heavy atom. The molecular formula is C23H26FN7O3. The number of nitrogens with zero attached hydrogens (tertiary/aromatic N) is 6. The Morgan fingerprint density at radius 3 is 2.74 bits per heavy atom. The Balaban J connectivity index is 1.47. The van der Waals surface area contributed by atoms with Gasteiger partial charge in [-0.05, 0) is 24.1 Å². The molecule has 2 aromatic heterocycles. The van der Waals surface area contributed by atoms with Crippen molar-refractivity contribution in [3.05, 3.63) is 42.1 Å². The summed E-state index contributed by atoms with van der Waals surface area (Å²) in [6.07, 6.45) is 2.80. The summed E-state index contributed by atoms with van der Waals surface area (Å²) in [6.45, 7) is 6.99. The van der Waals surface area contributed by atoms with Crippen molar-refractivity contribution in [3.63, 3.8) is 0 Å². The molecule has 34 heavy (non-hydrogen) atoms. The third kappa shape index (κ3) is 4.18. The molecule has 3 amide bonds.